The molecule has 4 rings (SSSR count). The Morgan fingerprint density at radius 3 is 2.70 bits per heavy atom. The first-order chi connectivity index (χ1) is 14.7. The topological polar surface area (TPSA) is 60.4 Å². The molecule has 7 nitrogen and oxygen atoms in total. The molecule has 3 aliphatic rings. The number of fused-ring (bicyclic) bond motifs is 1. The highest BCUT2D eigenvalue weighted by molar-refractivity contribution is 5.83. The molecular weight excluding hydrogens is 378 g/mol. The van der Waals surface area contributed by atoms with Crippen molar-refractivity contribution in [3.8, 4) is 0 Å². The van der Waals surface area contributed by atoms with Gasteiger partial charge in [-0.1, -0.05) is 12.1 Å². The summed E-state index contributed by atoms with van der Waals surface area (Å²) in [4.78, 5) is 24.1. The van der Waals surface area contributed by atoms with Crippen LogP contribution in [0.2, 0.25) is 0 Å². The van der Waals surface area contributed by atoms with Gasteiger partial charge >= 0.3 is 0 Å². The Labute approximate surface area is 180 Å². The fourth-order valence-electron chi connectivity index (χ4n) is 4.64. The lowest BCUT2D eigenvalue weighted by molar-refractivity contribution is -0.142. The summed E-state index contributed by atoms with van der Waals surface area (Å²) in [6.45, 7) is 8.53. The molecule has 0 aliphatic carbocycles. The van der Waals surface area contributed by atoms with Gasteiger partial charge in [0, 0.05) is 58.6 Å². The van der Waals surface area contributed by atoms with Crippen LogP contribution in [0, 0.1) is 0 Å². The summed E-state index contributed by atoms with van der Waals surface area (Å²) in [6.07, 6.45) is 4.00. The monoisotopic (exact) mass is 413 g/mol. The standard InChI is InChI=1S/C23H35N5O2/c1-3-24-23(25-17-18-8-9-20-19(16-18)6-4-10-26(20)2)28-13-11-27(12-14-28)22(29)21-7-5-15-30-21/h8-9,16,21H,3-7,10-15,17H2,1-2H3,(H,24,25). The Morgan fingerprint density at radius 2 is 1.97 bits per heavy atom. The number of carbonyl (C=O) groups is 1. The number of aryl methyl sites for hydroxylation is 1. The fourth-order valence-corrected chi connectivity index (χ4v) is 4.64. The number of nitrogens with zero attached hydrogens (tertiary/aromatic N) is 4. The van der Waals surface area contributed by atoms with Gasteiger partial charge in [-0.15, -0.1) is 0 Å². The summed E-state index contributed by atoms with van der Waals surface area (Å²) >= 11 is 0. The van der Waals surface area contributed by atoms with Crippen LogP contribution < -0.4 is 10.2 Å². The number of nitrogens with one attached hydrogen (secondary N) is 1. The van der Waals surface area contributed by atoms with Crippen LogP contribution in [0.25, 0.3) is 0 Å². The molecule has 164 valence electrons. The average Bonchev–Trinajstić information content (AvgIpc) is 3.31. The largest absolute Gasteiger partial charge is 0.374 e. The van der Waals surface area contributed by atoms with E-state index >= 15 is 0 Å². The van der Waals surface area contributed by atoms with Crippen LogP contribution >= 0.6 is 0 Å². The molecule has 1 aromatic carbocycles. The zero-order valence-electron chi connectivity index (χ0n) is 18.4. The number of carbonyl (C=O) groups excluding carboxylic acids is 1. The lowest BCUT2D eigenvalue weighted by atomic mass is 10.00. The third-order valence-corrected chi connectivity index (χ3v) is 6.34. The molecule has 7 heteroatoms. The third-order valence-electron chi connectivity index (χ3n) is 6.34. The SMILES string of the molecule is CCNC(=NCc1ccc2c(c1)CCCN2C)N1CCN(C(=O)C2CCCO2)CC1. The normalized spacial score (nSPS) is 22.3. The summed E-state index contributed by atoms with van der Waals surface area (Å²) in [5.74, 6) is 1.10. The van der Waals surface area contributed by atoms with Crippen LogP contribution in [-0.2, 0) is 22.5 Å². The highest BCUT2D eigenvalue weighted by atomic mass is 16.5. The number of benzene rings is 1. The van der Waals surface area contributed by atoms with E-state index in [9.17, 15) is 4.79 Å². The number of hydrogen-bond donors (Lipinski definition) is 1. The van der Waals surface area contributed by atoms with Crippen molar-refractivity contribution in [2.45, 2.75) is 45.3 Å². The van der Waals surface area contributed by atoms with Gasteiger partial charge in [-0.2, -0.15) is 0 Å². The molecule has 2 fully saturated rings. The van der Waals surface area contributed by atoms with E-state index in [1.807, 2.05) is 4.90 Å². The summed E-state index contributed by atoms with van der Waals surface area (Å²) in [6, 6.07) is 6.75. The van der Waals surface area contributed by atoms with Crippen LogP contribution in [0.5, 0.6) is 0 Å². The molecule has 0 aromatic heterocycles. The number of rotatable bonds is 4. The van der Waals surface area contributed by atoms with Gasteiger partial charge < -0.3 is 24.8 Å². The minimum absolute atomic E-state index is 0.160. The second-order valence-corrected chi connectivity index (χ2v) is 8.47. The molecule has 1 aromatic rings. The second kappa shape index (κ2) is 9.69. The van der Waals surface area contributed by atoms with E-state index in [0.717, 1.165) is 64.5 Å². The van der Waals surface area contributed by atoms with Crippen LogP contribution in [0.4, 0.5) is 5.69 Å². The molecule has 0 bridgehead atoms. The Hall–Kier alpha value is -2.28. The van der Waals surface area contributed by atoms with Gasteiger partial charge in [0.2, 0.25) is 0 Å². The van der Waals surface area contributed by atoms with Gasteiger partial charge in [-0.25, -0.2) is 4.99 Å². The number of ether oxygens (including phenoxy) is 1. The lowest BCUT2D eigenvalue weighted by Gasteiger charge is -2.37. The lowest BCUT2D eigenvalue weighted by Crippen LogP contribution is -2.55. The minimum Gasteiger partial charge on any atom is -0.374 e. The van der Waals surface area contributed by atoms with Gasteiger partial charge in [0.15, 0.2) is 5.96 Å². The first kappa shape index (κ1) is 21.0. The molecular formula is C23H35N5O2. The summed E-state index contributed by atoms with van der Waals surface area (Å²) in [5.41, 5.74) is 4.04. The molecule has 3 aliphatic heterocycles. The van der Waals surface area contributed by atoms with Crippen molar-refractivity contribution < 1.29 is 9.53 Å². The van der Waals surface area contributed by atoms with E-state index in [-0.39, 0.29) is 12.0 Å². The number of guanidine groups is 1. The average molecular weight is 414 g/mol. The molecule has 2 saturated heterocycles. The van der Waals surface area contributed by atoms with Crippen LogP contribution in [0.1, 0.15) is 37.3 Å². The van der Waals surface area contributed by atoms with Crippen molar-refractivity contribution >= 4 is 17.6 Å². The minimum atomic E-state index is -0.221. The predicted octanol–water partition coefficient (Wildman–Crippen LogP) is 1.86. The smallest absolute Gasteiger partial charge is 0.251 e. The van der Waals surface area contributed by atoms with Crippen molar-refractivity contribution in [1.29, 1.82) is 0 Å². The van der Waals surface area contributed by atoms with E-state index < -0.39 is 0 Å². The second-order valence-electron chi connectivity index (χ2n) is 8.47. The van der Waals surface area contributed by atoms with E-state index in [0.29, 0.717) is 13.2 Å². The summed E-state index contributed by atoms with van der Waals surface area (Å²) in [7, 11) is 2.17. The molecule has 1 amide bonds. The molecule has 3 heterocycles. The maximum Gasteiger partial charge on any atom is 0.251 e. The van der Waals surface area contributed by atoms with E-state index in [2.05, 4.69) is 47.3 Å². The molecule has 0 radical (unpaired) electrons. The first-order valence-electron chi connectivity index (χ1n) is 11.4. The number of amides is 1. The maximum absolute atomic E-state index is 12.6. The Balaban J connectivity index is 1.37. The fraction of sp³-hybridized carbons (Fsp3) is 0.652. The summed E-state index contributed by atoms with van der Waals surface area (Å²) in [5, 5.41) is 3.43. The maximum atomic E-state index is 12.6. The summed E-state index contributed by atoms with van der Waals surface area (Å²) < 4.78 is 5.57. The van der Waals surface area contributed by atoms with E-state index in [1.165, 1.54) is 23.2 Å². The van der Waals surface area contributed by atoms with E-state index in [1.54, 1.807) is 0 Å². The van der Waals surface area contributed by atoms with Crippen LogP contribution in [0.15, 0.2) is 23.2 Å². The van der Waals surface area contributed by atoms with Gasteiger partial charge in [0.1, 0.15) is 6.10 Å². The van der Waals surface area contributed by atoms with Gasteiger partial charge in [0.05, 0.1) is 6.54 Å². The molecule has 0 spiro atoms. The highest BCUT2D eigenvalue weighted by Gasteiger charge is 2.30. The number of piperazine rings is 1. The molecule has 1 N–H and O–H groups in total. The number of anilines is 1. The predicted molar refractivity (Wildman–Crippen MR) is 120 cm³/mol. The first-order valence-corrected chi connectivity index (χ1v) is 11.4. The molecule has 1 unspecified atom stereocenters. The molecule has 30 heavy (non-hydrogen) atoms. The third kappa shape index (κ3) is 4.72. The van der Waals surface area contributed by atoms with E-state index in [4.69, 9.17) is 9.73 Å². The zero-order valence-corrected chi connectivity index (χ0v) is 18.4. The van der Waals surface area contributed by atoms with Crippen LogP contribution in [0.3, 0.4) is 0 Å². The van der Waals surface area contributed by atoms with Gasteiger partial charge in [0.25, 0.3) is 5.91 Å². The Morgan fingerprint density at radius 1 is 1.17 bits per heavy atom. The number of hydrogen-bond acceptors (Lipinski definition) is 4. The Kier molecular flexibility index (Phi) is 6.77. The Bertz CT molecular complexity index is 767. The zero-order chi connectivity index (χ0) is 20.9. The van der Waals surface area contributed by atoms with Crippen molar-refractivity contribution in [1.82, 2.24) is 15.1 Å². The van der Waals surface area contributed by atoms with Crippen molar-refractivity contribution in [2.24, 2.45) is 4.99 Å². The molecule has 0 saturated carbocycles. The molecule has 1 atom stereocenters. The highest BCUT2D eigenvalue weighted by Crippen LogP contribution is 2.27. The van der Waals surface area contributed by atoms with Crippen LogP contribution in [-0.4, -0.2) is 80.7 Å². The van der Waals surface area contributed by atoms with Gasteiger partial charge in [-0.3, -0.25) is 4.79 Å². The van der Waals surface area contributed by atoms with Crippen molar-refractivity contribution in [3.05, 3.63) is 29.3 Å². The number of aliphatic imine (C=N–C) groups is 1. The van der Waals surface area contributed by atoms with Crippen molar-refractivity contribution in [2.75, 3.05) is 57.8 Å². The quantitative estimate of drug-likeness (QED) is 0.603. The van der Waals surface area contributed by atoms with Gasteiger partial charge in [-0.05, 0) is 49.8 Å². The van der Waals surface area contributed by atoms with Crippen molar-refractivity contribution in [3.63, 3.8) is 0 Å².